The van der Waals surface area contributed by atoms with Crippen LogP contribution >= 0.6 is 0 Å². The van der Waals surface area contributed by atoms with Gasteiger partial charge in [-0.05, 0) is 41.5 Å². The maximum atomic E-state index is 13.4. The Morgan fingerprint density at radius 1 is 1.00 bits per heavy atom. The standard InChI is InChI=1S/C14H10F2O2/c1-18-14(17)11-5-10(7-13(16)8-11)9-3-2-4-12(15)6-9/h2-8H,1H3. The third-order valence-electron chi connectivity index (χ3n) is 2.48. The topological polar surface area (TPSA) is 26.3 Å². The second-order valence-corrected chi connectivity index (χ2v) is 3.73. The largest absolute Gasteiger partial charge is 0.465 e. The second-order valence-electron chi connectivity index (χ2n) is 3.73. The van der Waals surface area contributed by atoms with Crippen molar-refractivity contribution in [3.63, 3.8) is 0 Å². The Labute approximate surface area is 103 Å². The molecule has 0 aliphatic carbocycles. The average molecular weight is 248 g/mol. The first-order chi connectivity index (χ1) is 8.60. The van der Waals surface area contributed by atoms with Crippen molar-refractivity contribution in [2.24, 2.45) is 0 Å². The van der Waals surface area contributed by atoms with E-state index in [1.165, 1.54) is 37.4 Å². The van der Waals surface area contributed by atoms with Gasteiger partial charge in [-0.25, -0.2) is 13.6 Å². The van der Waals surface area contributed by atoms with Crippen LogP contribution in [0.2, 0.25) is 0 Å². The Kier molecular flexibility index (Phi) is 3.37. The molecule has 4 heteroatoms. The first-order valence-electron chi connectivity index (χ1n) is 5.25. The van der Waals surface area contributed by atoms with Gasteiger partial charge in [-0.3, -0.25) is 0 Å². The fourth-order valence-electron chi connectivity index (χ4n) is 1.66. The number of hydrogen-bond acceptors (Lipinski definition) is 2. The van der Waals surface area contributed by atoms with Crippen LogP contribution in [0.15, 0.2) is 42.5 Å². The van der Waals surface area contributed by atoms with Crippen LogP contribution in [0.4, 0.5) is 8.78 Å². The van der Waals surface area contributed by atoms with E-state index in [1.54, 1.807) is 6.07 Å². The molecule has 2 aromatic rings. The van der Waals surface area contributed by atoms with Crippen molar-refractivity contribution in [3.05, 3.63) is 59.7 Å². The van der Waals surface area contributed by atoms with Crippen LogP contribution in [0.5, 0.6) is 0 Å². The molecule has 0 heterocycles. The first-order valence-corrected chi connectivity index (χ1v) is 5.25. The first kappa shape index (κ1) is 12.2. The average Bonchev–Trinajstić information content (AvgIpc) is 2.37. The molecule has 0 aromatic heterocycles. The lowest BCUT2D eigenvalue weighted by Crippen LogP contribution is -2.02. The van der Waals surface area contributed by atoms with Gasteiger partial charge in [0.25, 0.3) is 0 Å². The van der Waals surface area contributed by atoms with E-state index < -0.39 is 17.6 Å². The summed E-state index contributed by atoms with van der Waals surface area (Å²) in [5.74, 6) is -1.62. The summed E-state index contributed by atoms with van der Waals surface area (Å²) < 4.78 is 31.0. The summed E-state index contributed by atoms with van der Waals surface area (Å²) in [4.78, 5) is 11.4. The molecule has 0 N–H and O–H groups in total. The predicted octanol–water partition coefficient (Wildman–Crippen LogP) is 3.42. The lowest BCUT2D eigenvalue weighted by molar-refractivity contribution is 0.0600. The van der Waals surface area contributed by atoms with E-state index in [2.05, 4.69) is 4.74 Å². The third kappa shape index (κ3) is 2.53. The summed E-state index contributed by atoms with van der Waals surface area (Å²) >= 11 is 0. The summed E-state index contributed by atoms with van der Waals surface area (Å²) in [5.41, 5.74) is 1.02. The number of halogens is 2. The summed E-state index contributed by atoms with van der Waals surface area (Å²) in [6, 6.07) is 9.51. The molecule has 0 saturated carbocycles. The Hall–Kier alpha value is -2.23. The van der Waals surface area contributed by atoms with E-state index in [0.717, 1.165) is 6.07 Å². The van der Waals surface area contributed by atoms with Gasteiger partial charge in [-0.2, -0.15) is 0 Å². The number of methoxy groups -OCH3 is 1. The maximum Gasteiger partial charge on any atom is 0.337 e. The molecule has 0 saturated heterocycles. The number of benzene rings is 2. The molecule has 0 radical (unpaired) electrons. The summed E-state index contributed by atoms with van der Waals surface area (Å²) in [5, 5.41) is 0. The highest BCUT2D eigenvalue weighted by Gasteiger charge is 2.10. The van der Waals surface area contributed by atoms with Crippen LogP contribution in [0.3, 0.4) is 0 Å². The lowest BCUT2D eigenvalue weighted by Gasteiger charge is -2.05. The van der Waals surface area contributed by atoms with E-state index in [-0.39, 0.29) is 5.56 Å². The minimum Gasteiger partial charge on any atom is -0.465 e. The van der Waals surface area contributed by atoms with Crippen LogP contribution in [0.25, 0.3) is 11.1 Å². The molecule has 18 heavy (non-hydrogen) atoms. The van der Waals surface area contributed by atoms with Crippen molar-refractivity contribution in [2.75, 3.05) is 7.11 Å². The molecule has 2 nitrogen and oxygen atoms in total. The Morgan fingerprint density at radius 2 is 1.72 bits per heavy atom. The Balaban J connectivity index is 2.51. The van der Waals surface area contributed by atoms with E-state index in [0.29, 0.717) is 11.1 Å². The highest BCUT2D eigenvalue weighted by molar-refractivity contribution is 5.91. The smallest absolute Gasteiger partial charge is 0.337 e. The van der Waals surface area contributed by atoms with Crippen LogP contribution in [0, 0.1) is 11.6 Å². The number of ether oxygens (including phenoxy) is 1. The SMILES string of the molecule is COC(=O)c1cc(F)cc(-c2cccc(F)c2)c1. The Bertz CT molecular complexity index is 594. The molecule has 92 valence electrons. The molecule has 0 bridgehead atoms. The number of rotatable bonds is 2. The highest BCUT2D eigenvalue weighted by atomic mass is 19.1. The van der Waals surface area contributed by atoms with Gasteiger partial charge in [0.1, 0.15) is 11.6 Å². The zero-order chi connectivity index (χ0) is 13.1. The monoisotopic (exact) mass is 248 g/mol. The van der Waals surface area contributed by atoms with Crippen LogP contribution in [-0.2, 0) is 4.74 Å². The van der Waals surface area contributed by atoms with E-state index in [1.807, 2.05) is 0 Å². The molecule has 0 aliphatic heterocycles. The normalized spacial score (nSPS) is 10.2. The maximum absolute atomic E-state index is 13.4. The van der Waals surface area contributed by atoms with Gasteiger partial charge in [0, 0.05) is 0 Å². The fourth-order valence-corrected chi connectivity index (χ4v) is 1.66. The molecule has 0 unspecified atom stereocenters. The van der Waals surface area contributed by atoms with Gasteiger partial charge in [0.2, 0.25) is 0 Å². The molecule has 2 aromatic carbocycles. The number of carbonyl (C=O) groups excluding carboxylic acids is 1. The van der Waals surface area contributed by atoms with Gasteiger partial charge < -0.3 is 4.74 Å². The number of esters is 1. The molecular formula is C14H10F2O2. The highest BCUT2D eigenvalue weighted by Crippen LogP contribution is 2.23. The van der Waals surface area contributed by atoms with Crippen molar-refractivity contribution >= 4 is 5.97 Å². The minimum absolute atomic E-state index is 0.0942. The minimum atomic E-state index is -0.632. The molecule has 0 amide bonds. The van der Waals surface area contributed by atoms with E-state index in [4.69, 9.17) is 0 Å². The summed E-state index contributed by atoms with van der Waals surface area (Å²) in [6.07, 6.45) is 0. The van der Waals surface area contributed by atoms with Crippen molar-refractivity contribution in [1.82, 2.24) is 0 Å². The summed E-state index contributed by atoms with van der Waals surface area (Å²) in [7, 11) is 1.22. The van der Waals surface area contributed by atoms with Crippen molar-refractivity contribution < 1.29 is 18.3 Å². The number of hydrogen-bond donors (Lipinski definition) is 0. The van der Waals surface area contributed by atoms with Crippen molar-refractivity contribution in [3.8, 4) is 11.1 Å². The molecule has 2 rings (SSSR count). The molecule has 0 spiro atoms. The quantitative estimate of drug-likeness (QED) is 0.761. The number of carbonyl (C=O) groups is 1. The van der Waals surface area contributed by atoms with E-state index in [9.17, 15) is 13.6 Å². The van der Waals surface area contributed by atoms with Gasteiger partial charge in [-0.15, -0.1) is 0 Å². The molecule has 0 aliphatic rings. The van der Waals surface area contributed by atoms with E-state index >= 15 is 0 Å². The van der Waals surface area contributed by atoms with Gasteiger partial charge in [0.05, 0.1) is 12.7 Å². The zero-order valence-corrected chi connectivity index (χ0v) is 9.61. The third-order valence-corrected chi connectivity index (χ3v) is 2.48. The molecule has 0 fully saturated rings. The van der Waals surface area contributed by atoms with Gasteiger partial charge >= 0.3 is 5.97 Å². The second kappa shape index (κ2) is 4.96. The van der Waals surface area contributed by atoms with Gasteiger partial charge in [0.15, 0.2) is 0 Å². The van der Waals surface area contributed by atoms with Crippen molar-refractivity contribution in [2.45, 2.75) is 0 Å². The molecule has 0 atom stereocenters. The van der Waals surface area contributed by atoms with Crippen LogP contribution < -0.4 is 0 Å². The summed E-state index contributed by atoms with van der Waals surface area (Å²) in [6.45, 7) is 0. The fraction of sp³-hybridized carbons (Fsp3) is 0.0714. The van der Waals surface area contributed by atoms with Gasteiger partial charge in [-0.1, -0.05) is 12.1 Å². The van der Waals surface area contributed by atoms with Crippen molar-refractivity contribution in [1.29, 1.82) is 0 Å². The predicted molar refractivity (Wildman–Crippen MR) is 63.1 cm³/mol. The Morgan fingerprint density at radius 3 is 2.39 bits per heavy atom. The lowest BCUT2D eigenvalue weighted by atomic mass is 10.0. The zero-order valence-electron chi connectivity index (χ0n) is 9.61. The van der Waals surface area contributed by atoms with Crippen LogP contribution in [0.1, 0.15) is 10.4 Å². The molecular weight excluding hydrogens is 238 g/mol. The van der Waals surface area contributed by atoms with Crippen LogP contribution in [-0.4, -0.2) is 13.1 Å².